The molecule has 82 valence electrons. The molecule has 0 radical (unpaired) electrons. The Bertz CT molecular complexity index is 307. The highest BCUT2D eigenvalue weighted by atomic mass is 14.7. The predicted octanol–water partition coefficient (Wildman–Crippen LogP) is 3.71. The molecular formula is C15H22. The maximum Gasteiger partial charge on any atom is -0.0261 e. The molecule has 8 bridgehead atoms. The molecule has 0 spiro atoms. The molecule has 7 aliphatic carbocycles. The van der Waals surface area contributed by atoms with E-state index in [2.05, 4.69) is 6.92 Å². The maximum atomic E-state index is 2.69. The van der Waals surface area contributed by atoms with E-state index in [4.69, 9.17) is 0 Å². The van der Waals surface area contributed by atoms with Gasteiger partial charge in [0.15, 0.2) is 0 Å². The van der Waals surface area contributed by atoms with Gasteiger partial charge in [0.2, 0.25) is 0 Å². The highest BCUT2D eigenvalue weighted by Crippen LogP contribution is 2.75. The van der Waals surface area contributed by atoms with Crippen LogP contribution in [0.3, 0.4) is 0 Å². The van der Waals surface area contributed by atoms with Crippen LogP contribution in [-0.4, -0.2) is 0 Å². The summed E-state index contributed by atoms with van der Waals surface area (Å²) in [6, 6.07) is 0. The third-order valence-electron chi connectivity index (χ3n) is 7.55. The quantitative estimate of drug-likeness (QED) is 0.561. The van der Waals surface area contributed by atoms with Crippen LogP contribution < -0.4 is 0 Å². The summed E-state index contributed by atoms with van der Waals surface area (Å²) in [5.41, 5.74) is 0.823. The number of hydrogen-bond donors (Lipinski definition) is 0. The second kappa shape index (κ2) is 2.17. The Kier molecular flexibility index (Phi) is 1.18. The largest absolute Gasteiger partial charge is 0.0591 e. The van der Waals surface area contributed by atoms with Crippen molar-refractivity contribution in [3.05, 3.63) is 0 Å². The third-order valence-corrected chi connectivity index (χ3v) is 7.55. The Hall–Kier alpha value is 0. The fourth-order valence-electron chi connectivity index (χ4n) is 7.43. The highest BCUT2D eigenvalue weighted by Gasteiger charge is 2.67. The lowest BCUT2D eigenvalue weighted by Gasteiger charge is -2.74. The summed E-state index contributed by atoms with van der Waals surface area (Å²) < 4.78 is 0. The van der Waals surface area contributed by atoms with Crippen molar-refractivity contribution in [2.75, 3.05) is 0 Å². The van der Waals surface area contributed by atoms with Crippen LogP contribution >= 0.6 is 0 Å². The van der Waals surface area contributed by atoms with Gasteiger partial charge in [0, 0.05) is 0 Å². The zero-order valence-electron chi connectivity index (χ0n) is 9.78. The first-order chi connectivity index (χ1) is 7.25. The summed E-state index contributed by atoms with van der Waals surface area (Å²) in [7, 11) is 0. The van der Waals surface area contributed by atoms with Gasteiger partial charge in [-0.2, -0.15) is 0 Å². The van der Waals surface area contributed by atoms with E-state index in [0.29, 0.717) is 0 Å². The third kappa shape index (κ3) is 0.718. The number of rotatable bonds is 0. The van der Waals surface area contributed by atoms with Crippen molar-refractivity contribution in [3.63, 3.8) is 0 Å². The topological polar surface area (TPSA) is 0 Å². The first-order valence-corrected chi connectivity index (χ1v) is 7.25. The second-order valence-corrected chi connectivity index (χ2v) is 7.83. The second-order valence-electron chi connectivity index (χ2n) is 7.83. The van der Waals surface area contributed by atoms with Crippen LogP contribution in [0.15, 0.2) is 0 Å². The molecule has 0 heterocycles. The van der Waals surface area contributed by atoms with Crippen LogP contribution in [-0.2, 0) is 0 Å². The first-order valence-electron chi connectivity index (χ1n) is 7.25. The monoisotopic (exact) mass is 202 g/mol. The van der Waals surface area contributed by atoms with Gasteiger partial charge in [-0.15, -0.1) is 0 Å². The standard InChI is InChI=1S/C15H22/c1-15-7-9-3-11-10-2-8(5-13(11)15)6-14(15)12(10)4-9/h8-14H,2-7H2,1H3/t8?,9?,10?,11-,12-,13-,14+,15?/m0/s1. The molecule has 7 saturated carbocycles. The van der Waals surface area contributed by atoms with Gasteiger partial charge < -0.3 is 0 Å². The van der Waals surface area contributed by atoms with E-state index in [1.54, 1.807) is 38.5 Å². The van der Waals surface area contributed by atoms with Gasteiger partial charge >= 0.3 is 0 Å². The first kappa shape index (κ1) is 8.14. The summed E-state index contributed by atoms with van der Waals surface area (Å²) in [4.78, 5) is 0. The van der Waals surface area contributed by atoms with Crippen LogP contribution in [0.4, 0.5) is 0 Å². The normalized spacial score (nSPS) is 73.0. The molecular weight excluding hydrogens is 180 g/mol. The van der Waals surface area contributed by atoms with Crippen molar-refractivity contribution in [3.8, 4) is 0 Å². The Labute approximate surface area is 92.8 Å². The van der Waals surface area contributed by atoms with Gasteiger partial charge in [0.25, 0.3) is 0 Å². The SMILES string of the molecule is CC12CC3C[C@H]4C5CC(C[C@H]41)C[C@H]2[C@H]5C3. The van der Waals surface area contributed by atoms with E-state index in [-0.39, 0.29) is 0 Å². The molecule has 0 N–H and O–H groups in total. The minimum absolute atomic E-state index is 0.823. The molecule has 0 aliphatic heterocycles. The molecule has 15 heavy (non-hydrogen) atoms. The molecule has 0 aromatic rings. The minimum Gasteiger partial charge on any atom is -0.0591 e. The van der Waals surface area contributed by atoms with E-state index in [1.165, 1.54) is 35.5 Å². The number of hydrogen-bond acceptors (Lipinski definition) is 0. The van der Waals surface area contributed by atoms with Crippen LogP contribution in [0.25, 0.3) is 0 Å². The summed E-state index contributed by atoms with van der Waals surface area (Å²) in [6.07, 6.45) is 9.81. The van der Waals surface area contributed by atoms with Crippen LogP contribution in [0.1, 0.15) is 45.4 Å². The van der Waals surface area contributed by atoms with Crippen LogP contribution in [0.2, 0.25) is 0 Å². The van der Waals surface area contributed by atoms with E-state index < -0.39 is 0 Å². The van der Waals surface area contributed by atoms with Gasteiger partial charge in [0.05, 0.1) is 0 Å². The summed E-state index contributed by atoms with van der Waals surface area (Å²) in [6.45, 7) is 2.69. The van der Waals surface area contributed by atoms with Gasteiger partial charge in [-0.05, 0) is 85.4 Å². The molecule has 8 atom stereocenters. The molecule has 0 nitrogen and oxygen atoms in total. The van der Waals surface area contributed by atoms with Gasteiger partial charge in [-0.25, -0.2) is 0 Å². The van der Waals surface area contributed by atoms with Crippen molar-refractivity contribution >= 4 is 0 Å². The van der Waals surface area contributed by atoms with Crippen molar-refractivity contribution in [2.45, 2.75) is 45.4 Å². The molecule has 0 aromatic heterocycles. The fourth-order valence-corrected chi connectivity index (χ4v) is 7.43. The lowest BCUT2D eigenvalue weighted by molar-refractivity contribution is -0.248. The molecule has 0 amide bonds. The van der Waals surface area contributed by atoms with E-state index in [9.17, 15) is 0 Å². The van der Waals surface area contributed by atoms with Crippen molar-refractivity contribution < 1.29 is 0 Å². The van der Waals surface area contributed by atoms with Crippen LogP contribution in [0.5, 0.6) is 0 Å². The molecule has 0 aromatic carbocycles. The van der Waals surface area contributed by atoms with E-state index in [0.717, 1.165) is 11.3 Å². The summed E-state index contributed by atoms with van der Waals surface area (Å²) in [5, 5.41) is 0. The van der Waals surface area contributed by atoms with E-state index in [1.807, 2.05) is 0 Å². The molecule has 0 heteroatoms. The summed E-state index contributed by atoms with van der Waals surface area (Å²) in [5.74, 6) is 8.27. The Morgan fingerprint density at radius 3 is 2.00 bits per heavy atom. The van der Waals surface area contributed by atoms with Crippen molar-refractivity contribution in [2.24, 2.45) is 46.8 Å². The lowest BCUT2D eigenvalue weighted by atomic mass is 9.31. The molecule has 7 rings (SSSR count). The van der Waals surface area contributed by atoms with Crippen molar-refractivity contribution in [1.82, 2.24) is 0 Å². The average Bonchev–Trinajstić information content (AvgIpc) is 2.24. The molecule has 0 saturated heterocycles. The van der Waals surface area contributed by atoms with Crippen molar-refractivity contribution in [1.29, 1.82) is 0 Å². The lowest BCUT2D eigenvalue weighted by Crippen LogP contribution is -2.66. The maximum absolute atomic E-state index is 2.69. The van der Waals surface area contributed by atoms with Crippen LogP contribution in [0, 0.1) is 46.8 Å². The molecule has 7 fully saturated rings. The minimum atomic E-state index is 0.823. The average molecular weight is 202 g/mol. The fraction of sp³-hybridized carbons (Fsp3) is 1.00. The predicted molar refractivity (Wildman–Crippen MR) is 60.2 cm³/mol. The smallest absolute Gasteiger partial charge is 0.0261 e. The zero-order chi connectivity index (χ0) is 9.78. The van der Waals surface area contributed by atoms with Gasteiger partial charge in [0.1, 0.15) is 0 Å². The van der Waals surface area contributed by atoms with Gasteiger partial charge in [-0.3, -0.25) is 0 Å². The molecule has 7 aliphatic rings. The Morgan fingerprint density at radius 1 is 0.733 bits per heavy atom. The zero-order valence-corrected chi connectivity index (χ0v) is 9.78. The molecule has 4 unspecified atom stereocenters. The van der Waals surface area contributed by atoms with E-state index >= 15 is 0 Å². The summed E-state index contributed by atoms with van der Waals surface area (Å²) >= 11 is 0. The van der Waals surface area contributed by atoms with Gasteiger partial charge in [-0.1, -0.05) is 6.92 Å². The Balaban J connectivity index is 1.73. The highest BCUT2D eigenvalue weighted by molar-refractivity contribution is 5.16. The Morgan fingerprint density at radius 2 is 1.33 bits per heavy atom.